The van der Waals surface area contributed by atoms with E-state index in [9.17, 15) is 9.59 Å². The fourth-order valence-electron chi connectivity index (χ4n) is 2.66. The van der Waals surface area contributed by atoms with Crippen molar-refractivity contribution in [3.63, 3.8) is 0 Å². The van der Waals surface area contributed by atoms with E-state index in [0.717, 1.165) is 17.7 Å². The molecule has 2 aromatic rings. The van der Waals surface area contributed by atoms with Gasteiger partial charge in [-0.15, -0.1) is 0 Å². The van der Waals surface area contributed by atoms with Gasteiger partial charge in [0.05, 0.1) is 12.2 Å². The van der Waals surface area contributed by atoms with Crippen LogP contribution in [0.5, 0.6) is 0 Å². The van der Waals surface area contributed by atoms with Crippen molar-refractivity contribution in [1.82, 2.24) is 0 Å². The van der Waals surface area contributed by atoms with Gasteiger partial charge in [0.25, 0.3) is 5.91 Å². The fraction of sp³-hybridized carbons (Fsp3) is 0.333. The average molecular weight is 370 g/mol. The predicted molar refractivity (Wildman–Crippen MR) is 106 cm³/mol. The van der Waals surface area contributed by atoms with Crippen LogP contribution in [0.15, 0.2) is 48.5 Å². The Labute approximate surface area is 159 Å². The first kappa shape index (κ1) is 20.5. The molecule has 0 bridgehead atoms. The number of carbonyl (C=O) groups is 2. The van der Waals surface area contributed by atoms with Crippen LogP contribution in [0.2, 0.25) is 0 Å². The number of rotatable bonds is 9. The number of ether oxygens (including phenoxy) is 1. The lowest BCUT2D eigenvalue weighted by Gasteiger charge is -2.16. The minimum Gasteiger partial charge on any atom is -0.452 e. The lowest BCUT2D eigenvalue weighted by Crippen LogP contribution is -2.22. The zero-order valence-electron chi connectivity index (χ0n) is 15.7. The van der Waals surface area contributed by atoms with E-state index < -0.39 is 5.97 Å². The molecule has 0 saturated heterocycles. The number of benzene rings is 2. The highest BCUT2D eigenvalue weighted by molar-refractivity contribution is 5.98. The van der Waals surface area contributed by atoms with E-state index in [4.69, 9.17) is 9.84 Å². The van der Waals surface area contributed by atoms with Crippen LogP contribution >= 0.6 is 0 Å². The molecule has 2 aromatic carbocycles. The van der Waals surface area contributed by atoms with E-state index in [1.165, 1.54) is 0 Å². The molecular weight excluding hydrogens is 344 g/mol. The maximum atomic E-state index is 12.3. The third-order valence-electron chi connectivity index (χ3n) is 4.29. The summed E-state index contributed by atoms with van der Waals surface area (Å²) < 4.78 is 5.16. The van der Waals surface area contributed by atoms with Crippen molar-refractivity contribution in [2.24, 2.45) is 0 Å². The molecule has 6 nitrogen and oxygen atoms in total. The smallest absolute Gasteiger partial charge is 0.340 e. The van der Waals surface area contributed by atoms with Gasteiger partial charge in [0.1, 0.15) is 0 Å². The summed E-state index contributed by atoms with van der Waals surface area (Å²) in [5, 5.41) is 14.7. The summed E-state index contributed by atoms with van der Waals surface area (Å²) in [6.07, 6.45) is 0.958. The Morgan fingerprint density at radius 3 is 2.44 bits per heavy atom. The van der Waals surface area contributed by atoms with Crippen LogP contribution in [0.4, 0.5) is 11.4 Å². The Morgan fingerprint density at radius 2 is 1.74 bits per heavy atom. The van der Waals surface area contributed by atoms with Gasteiger partial charge >= 0.3 is 5.97 Å². The molecule has 1 atom stereocenters. The molecule has 0 aliphatic heterocycles. The van der Waals surface area contributed by atoms with Gasteiger partial charge in [-0.1, -0.05) is 44.2 Å². The molecule has 144 valence electrons. The number of aliphatic hydroxyl groups excluding tert-OH is 1. The van der Waals surface area contributed by atoms with Crippen LogP contribution in [-0.2, 0) is 9.53 Å². The summed E-state index contributed by atoms with van der Waals surface area (Å²) in [5.41, 5.74) is 2.66. The Kier molecular flexibility index (Phi) is 7.82. The number of aliphatic hydroxyl groups is 1. The van der Waals surface area contributed by atoms with Gasteiger partial charge in [-0.25, -0.2) is 4.79 Å². The van der Waals surface area contributed by atoms with E-state index in [2.05, 4.69) is 24.5 Å². The fourth-order valence-corrected chi connectivity index (χ4v) is 2.66. The molecule has 0 unspecified atom stereocenters. The van der Waals surface area contributed by atoms with Crippen molar-refractivity contribution in [3.8, 4) is 0 Å². The van der Waals surface area contributed by atoms with Gasteiger partial charge in [-0.2, -0.15) is 0 Å². The molecule has 0 spiro atoms. The highest BCUT2D eigenvalue weighted by Crippen LogP contribution is 2.26. The highest BCUT2D eigenvalue weighted by Gasteiger charge is 2.15. The van der Waals surface area contributed by atoms with Crippen molar-refractivity contribution in [3.05, 3.63) is 59.7 Å². The topological polar surface area (TPSA) is 87.7 Å². The Balaban J connectivity index is 1.98. The molecule has 0 aliphatic rings. The first-order chi connectivity index (χ1) is 13.1. The van der Waals surface area contributed by atoms with Crippen molar-refractivity contribution >= 4 is 23.3 Å². The minimum absolute atomic E-state index is 0.0542. The quantitative estimate of drug-likeness (QED) is 0.589. The number of hydrogen-bond donors (Lipinski definition) is 3. The van der Waals surface area contributed by atoms with E-state index in [0.29, 0.717) is 23.7 Å². The van der Waals surface area contributed by atoms with E-state index >= 15 is 0 Å². The summed E-state index contributed by atoms with van der Waals surface area (Å²) in [7, 11) is 0. The van der Waals surface area contributed by atoms with Crippen molar-refractivity contribution < 1.29 is 19.4 Å². The van der Waals surface area contributed by atoms with Crippen LogP contribution in [0.25, 0.3) is 0 Å². The van der Waals surface area contributed by atoms with E-state index in [1.54, 1.807) is 24.3 Å². The molecule has 27 heavy (non-hydrogen) atoms. The Morgan fingerprint density at radius 1 is 1.07 bits per heavy atom. The number of hydrogen-bond acceptors (Lipinski definition) is 5. The van der Waals surface area contributed by atoms with Gasteiger partial charge in [-0.05, 0) is 36.1 Å². The van der Waals surface area contributed by atoms with Crippen LogP contribution in [-0.4, -0.2) is 36.7 Å². The molecule has 0 heterocycles. The van der Waals surface area contributed by atoms with Gasteiger partial charge in [0, 0.05) is 17.9 Å². The van der Waals surface area contributed by atoms with Crippen LogP contribution in [0, 0.1) is 0 Å². The van der Waals surface area contributed by atoms with Crippen LogP contribution in [0.3, 0.4) is 0 Å². The highest BCUT2D eigenvalue weighted by atomic mass is 16.5. The maximum Gasteiger partial charge on any atom is 0.340 e. The first-order valence-corrected chi connectivity index (χ1v) is 9.06. The second-order valence-corrected chi connectivity index (χ2v) is 6.22. The maximum absolute atomic E-state index is 12.3. The third kappa shape index (κ3) is 5.82. The molecule has 0 radical (unpaired) electrons. The summed E-state index contributed by atoms with van der Waals surface area (Å²) in [6.45, 7) is 4.08. The molecule has 0 saturated carbocycles. The molecule has 6 heteroatoms. The minimum atomic E-state index is -0.596. The predicted octanol–water partition coefficient (Wildman–Crippen LogP) is 3.40. The van der Waals surface area contributed by atoms with Crippen LogP contribution < -0.4 is 10.6 Å². The SMILES string of the molecule is CC[C@@H](C)c1ccccc1NC(=O)COC(=O)c1ccccc1NCCO. The van der Waals surface area contributed by atoms with Crippen molar-refractivity contribution in [1.29, 1.82) is 0 Å². The largest absolute Gasteiger partial charge is 0.452 e. The second-order valence-electron chi connectivity index (χ2n) is 6.22. The molecular formula is C21H26N2O4. The zero-order valence-corrected chi connectivity index (χ0v) is 15.7. The summed E-state index contributed by atoms with van der Waals surface area (Å²) in [5.74, 6) is -0.671. The average Bonchev–Trinajstić information content (AvgIpc) is 2.70. The van der Waals surface area contributed by atoms with Gasteiger partial charge in [0.15, 0.2) is 6.61 Å². The van der Waals surface area contributed by atoms with Gasteiger partial charge in [-0.3, -0.25) is 4.79 Å². The molecule has 0 fully saturated rings. The molecule has 1 amide bonds. The zero-order chi connectivity index (χ0) is 19.6. The standard InChI is InChI=1S/C21H26N2O4/c1-3-15(2)16-8-4-7-11-19(16)23-20(25)14-27-21(26)17-9-5-6-10-18(17)22-12-13-24/h4-11,15,22,24H,3,12-14H2,1-2H3,(H,23,25)/t15-/m1/s1. The summed E-state index contributed by atoms with van der Waals surface area (Å²) in [6, 6.07) is 14.4. The third-order valence-corrected chi connectivity index (χ3v) is 4.29. The first-order valence-electron chi connectivity index (χ1n) is 9.06. The Bertz CT molecular complexity index is 776. The summed E-state index contributed by atoms with van der Waals surface area (Å²) in [4.78, 5) is 24.5. The Hall–Kier alpha value is -2.86. The summed E-state index contributed by atoms with van der Waals surface area (Å²) >= 11 is 0. The molecule has 2 rings (SSSR count). The number of nitrogens with one attached hydrogen (secondary N) is 2. The van der Waals surface area contributed by atoms with Crippen molar-refractivity contribution in [2.45, 2.75) is 26.2 Å². The molecule has 0 aromatic heterocycles. The monoisotopic (exact) mass is 370 g/mol. The normalized spacial score (nSPS) is 11.5. The lowest BCUT2D eigenvalue weighted by molar-refractivity contribution is -0.119. The van der Waals surface area contributed by atoms with Gasteiger partial charge in [0.2, 0.25) is 0 Å². The number of anilines is 2. The number of carbonyl (C=O) groups excluding carboxylic acids is 2. The van der Waals surface area contributed by atoms with Gasteiger partial charge < -0.3 is 20.5 Å². The van der Waals surface area contributed by atoms with E-state index in [1.807, 2.05) is 24.3 Å². The second kappa shape index (κ2) is 10.3. The van der Waals surface area contributed by atoms with E-state index in [-0.39, 0.29) is 19.1 Å². The van der Waals surface area contributed by atoms with Crippen molar-refractivity contribution in [2.75, 3.05) is 30.4 Å². The lowest BCUT2D eigenvalue weighted by atomic mass is 9.97. The molecule has 3 N–H and O–H groups in total. The number of esters is 1. The number of amides is 1. The number of para-hydroxylation sites is 2. The van der Waals surface area contributed by atoms with Crippen LogP contribution in [0.1, 0.15) is 42.1 Å². The molecule has 0 aliphatic carbocycles.